The molecule has 0 saturated heterocycles. The van der Waals surface area contributed by atoms with Gasteiger partial charge in [0.15, 0.2) is 0 Å². The van der Waals surface area contributed by atoms with E-state index in [4.69, 9.17) is 16.9 Å². The van der Waals surface area contributed by atoms with Crippen LogP contribution in [0.4, 0.5) is 0 Å². The van der Waals surface area contributed by atoms with Crippen molar-refractivity contribution in [3.8, 4) is 6.07 Å². The molecule has 0 heterocycles. The van der Waals surface area contributed by atoms with E-state index in [1.54, 1.807) is 0 Å². The van der Waals surface area contributed by atoms with Gasteiger partial charge in [0.1, 0.15) is 4.90 Å². The van der Waals surface area contributed by atoms with Crippen molar-refractivity contribution in [2.24, 2.45) is 0 Å². The molecule has 0 aliphatic heterocycles. The first-order chi connectivity index (χ1) is 9.90. The van der Waals surface area contributed by atoms with Crippen LogP contribution in [0.1, 0.15) is 25.3 Å². The molecule has 0 radical (unpaired) electrons. The number of sulfonamides is 1. The van der Waals surface area contributed by atoms with Crippen molar-refractivity contribution in [1.29, 1.82) is 5.26 Å². The maximum atomic E-state index is 12.1. The van der Waals surface area contributed by atoms with Gasteiger partial charge >= 0.3 is 0 Å². The van der Waals surface area contributed by atoms with E-state index < -0.39 is 10.0 Å². The van der Waals surface area contributed by atoms with Crippen LogP contribution in [0.25, 0.3) is 0 Å². The average Bonchev–Trinajstić information content (AvgIpc) is 2.45. The largest absolute Gasteiger partial charge is 0.356 e. The smallest absolute Gasteiger partial charge is 0.242 e. The van der Waals surface area contributed by atoms with Gasteiger partial charge in [0.05, 0.1) is 16.7 Å². The maximum absolute atomic E-state index is 12.1. The molecule has 0 aliphatic carbocycles. The minimum Gasteiger partial charge on any atom is -0.356 e. The van der Waals surface area contributed by atoms with Gasteiger partial charge < -0.3 is 5.32 Å². The Kier molecular flexibility index (Phi) is 6.62. The second-order valence-corrected chi connectivity index (χ2v) is 6.40. The molecular formula is C13H16ClN3O3S. The molecule has 1 rings (SSSR count). The molecule has 21 heavy (non-hydrogen) atoms. The Morgan fingerprint density at radius 1 is 1.38 bits per heavy atom. The number of halogens is 1. The molecule has 6 nitrogen and oxygen atoms in total. The van der Waals surface area contributed by atoms with Crippen LogP contribution in [0.5, 0.6) is 0 Å². The molecule has 1 amide bonds. The summed E-state index contributed by atoms with van der Waals surface area (Å²) in [6.07, 6.45) is 0.850. The van der Waals surface area contributed by atoms with E-state index in [0.29, 0.717) is 6.54 Å². The Labute approximate surface area is 129 Å². The number of rotatable bonds is 7. The van der Waals surface area contributed by atoms with Gasteiger partial charge in [-0.15, -0.1) is 0 Å². The molecule has 0 unspecified atom stereocenters. The van der Waals surface area contributed by atoms with E-state index in [9.17, 15) is 13.2 Å². The predicted octanol–water partition coefficient (Wildman–Crippen LogP) is 1.41. The van der Waals surface area contributed by atoms with Crippen molar-refractivity contribution in [3.63, 3.8) is 0 Å². The molecule has 8 heteroatoms. The lowest BCUT2D eigenvalue weighted by Crippen LogP contribution is -2.31. The average molecular weight is 330 g/mol. The Hall–Kier alpha value is -1.62. The molecule has 114 valence electrons. The van der Waals surface area contributed by atoms with Gasteiger partial charge in [-0.1, -0.05) is 18.5 Å². The zero-order chi connectivity index (χ0) is 15.9. The van der Waals surface area contributed by atoms with Crippen molar-refractivity contribution >= 4 is 27.5 Å². The van der Waals surface area contributed by atoms with Gasteiger partial charge in [-0.3, -0.25) is 4.79 Å². The molecule has 0 fully saturated rings. The molecule has 0 saturated carbocycles. The van der Waals surface area contributed by atoms with Crippen molar-refractivity contribution in [2.45, 2.75) is 24.7 Å². The summed E-state index contributed by atoms with van der Waals surface area (Å²) in [6.45, 7) is 2.44. The fraction of sp³-hybridized carbons (Fsp3) is 0.385. The molecule has 2 N–H and O–H groups in total. The maximum Gasteiger partial charge on any atom is 0.242 e. The Morgan fingerprint density at radius 3 is 2.71 bits per heavy atom. The summed E-state index contributed by atoms with van der Waals surface area (Å²) in [7, 11) is -3.85. The van der Waals surface area contributed by atoms with E-state index in [-0.39, 0.29) is 34.4 Å². The highest BCUT2D eigenvalue weighted by Gasteiger charge is 2.18. The molecular weight excluding hydrogens is 314 g/mol. The molecule has 1 aromatic carbocycles. The van der Waals surface area contributed by atoms with Crippen molar-refractivity contribution in [3.05, 3.63) is 28.8 Å². The van der Waals surface area contributed by atoms with Crippen LogP contribution in [-0.4, -0.2) is 27.4 Å². The zero-order valence-electron chi connectivity index (χ0n) is 11.5. The van der Waals surface area contributed by atoms with Crippen LogP contribution >= 0.6 is 11.6 Å². The summed E-state index contributed by atoms with van der Waals surface area (Å²) in [4.78, 5) is 11.2. The number of carbonyl (C=O) groups is 1. The Balaban J connectivity index is 2.70. The van der Waals surface area contributed by atoms with Crippen LogP contribution in [-0.2, 0) is 14.8 Å². The summed E-state index contributed by atoms with van der Waals surface area (Å²) < 4.78 is 26.5. The molecule has 0 aliphatic rings. The van der Waals surface area contributed by atoms with Gasteiger partial charge in [0, 0.05) is 19.5 Å². The lowest BCUT2D eigenvalue weighted by molar-refractivity contribution is -0.120. The van der Waals surface area contributed by atoms with Crippen molar-refractivity contribution < 1.29 is 13.2 Å². The quantitative estimate of drug-likeness (QED) is 0.790. The number of hydrogen-bond acceptors (Lipinski definition) is 4. The standard InChI is InChI=1S/C13H16ClN3O3S/c1-2-6-16-13(18)5-7-17-21(19,20)12-8-10(9-15)3-4-11(12)14/h3-4,8,17H,2,5-7H2,1H3,(H,16,18). The number of carbonyl (C=O) groups excluding carboxylic acids is 1. The topological polar surface area (TPSA) is 99.1 Å². The number of nitrogens with zero attached hydrogens (tertiary/aromatic N) is 1. The zero-order valence-corrected chi connectivity index (χ0v) is 13.1. The van der Waals surface area contributed by atoms with Gasteiger partial charge in [-0.25, -0.2) is 13.1 Å². The van der Waals surface area contributed by atoms with Crippen LogP contribution in [0.2, 0.25) is 5.02 Å². The molecule has 0 bridgehead atoms. The van der Waals surface area contributed by atoms with E-state index in [2.05, 4.69) is 10.0 Å². The van der Waals surface area contributed by atoms with E-state index in [0.717, 1.165) is 6.42 Å². The highest BCUT2D eigenvalue weighted by atomic mass is 35.5. The first-order valence-corrected chi connectivity index (χ1v) is 8.23. The first-order valence-electron chi connectivity index (χ1n) is 6.36. The predicted molar refractivity (Wildman–Crippen MR) is 79.3 cm³/mol. The van der Waals surface area contributed by atoms with Gasteiger partial charge in [-0.2, -0.15) is 5.26 Å². The highest BCUT2D eigenvalue weighted by Crippen LogP contribution is 2.22. The lowest BCUT2D eigenvalue weighted by Gasteiger charge is -2.09. The van der Waals surface area contributed by atoms with E-state index >= 15 is 0 Å². The molecule has 0 aromatic heterocycles. The first kappa shape index (κ1) is 17.4. The monoisotopic (exact) mass is 329 g/mol. The number of nitrogens with one attached hydrogen (secondary N) is 2. The normalized spacial score (nSPS) is 10.9. The van der Waals surface area contributed by atoms with Gasteiger partial charge in [0.2, 0.25) is 15.9 Å². The number of benzene rings is 1. The summed E-state index contributed by atoms with van der Waals surface area (Å²) in [6, 6.07) is 5.83. The van der Waals surface area contributed by atoms with Crippen LogP contribution < -0.4 is 10.0 Å². The second-order valence-electron chi connectivity index (χ2n) is 4.25. The van der Waals surface area contributed by atoms with Gasteiger partial charge in [0.25, 0.3) is 0 Å². The molecule has 0 atom stereocenters. The lowest BCUT2D eigenvalue weighted by atomic mass is 10.2. The highest BCUT2D eigenvalue weighted by molar-refractivity contribution is 7.89. The van der Waals surface area contributed by atoms with Crippen molar-refractivity contribution in [2.75, 3.05) is 13.1 Å². The summed E-state index contributed by atoms with van der Waals surface area (Å²) in [5.74, 6) is -0.226. The minimum atomic E-state index is -3.85. The number of amides is 1. The summed E-state index contributed by atoms with van der Waals surface area (Å²) in [5.41, 5.74) is 0.195. The SMILES string of the molecule is CCCNC(=O)CCNS(=O)(=O)c1cc(C#N)ccc1Cl. The van der Waals surface area contributed by atoms with E-state index in [1.165, 1.54) is 18.2 Å². The minimum absolute atomic E-state index is 0.0249. The number of nitriles is 1. The van der Waals surface area contributed by atoms with E-state index in [1.807, 2.05) is 13.0 Å². The second kappa shape index (κ2) is 7.98. The fourth-order valence-electron chi connectivity index (χ4n) is 1.51. The Bertz CT molecular complexity index is 653. The third-order valence-electron chi connectivity index (χ3n) is 2.57. The van der Waals surface area contributed by atoms with Crippen LogP contribution in [0, 0.1) is 11.3 Å². The van der Waals surface area contributed by atoms with Crippen molar-refractivity contribution in [1.82, 2.24) is 10.0 Å². The third kappa shape index (κ3) is 5.34. The molecule has 0 spiro atoms. The summed E-state index contributed by atoms with van der Waals surface area (Å²) in [5, 5.41) is 11.5. The number of hydrogen-bond donors (Lipinski definition) is 2. The third-order valence-corrected chi connectivity index (χ3v) is 4.51. The fourth-order valence-corrected chi connectivity index (χ4v) is 3.06. The van der Waals surface area contributed by atoms with Gasteiger partial charge in [-0.05, 0) is 24.6 Å². The molecule has 1 aromatic rings. The van der Waals surface area contributed by atoms with Crippen LogP contribution in [0.3, 0.4) is 0 Å². The Morgan fingerprint density at radius 2 is 2.10 bits per heavy atom. The summed E-state index contributed by atoms with van der Waals surface area (Å²) >= 11 is 5.84. The van der Waals surface area contributed by atoms with Crippen LogP contribution in [0.15, 0.2) is 23.1 Å².